The molecule has 1 unspecified atom stereocenters. The molecule has 0 aliphatic carbocycles. The Kier molecular flexibility index (Phi) is 3.64. The van der Waals surface area contributed by atoms with Gasteiger partial charge in [-0.2, -0.15) is 11.3 Å². The molecular formula is C15H13BrN2S. The van der Waals surface area contributed by atoms with Crippen LogP contribution in [0.2, 0.25) is 0 Å². The first-order valence-corrected chi connectivity index (χ1v) is 7.77. The maximum atomic E-state index is 4.76. The van der Waals surface area contributed by atoms with Crippen LogP contribution in [0.1, 0.15) is 17.3 Å². The predicted molar refractivity (Wildman–Crippen MR) is 84.7 cm³/mol. The van der Waals surface area contributed by atoms with Crippen molar-refractivity contribution in [2.75, 3.05) is 7.05 Å². The maximum absolute atomic E-state index is 4.76. The smallest absolute Gasteiger partial charge is 0.0768 e. The fourth-order valence-electron chi connectivity index (χ4n) is 2.20. The van der Waals surface area contributed by atoms with E-state index in [2.05, 4.69) is 50.2 Å². The lowest BCUT2D eigenvalue weighted by atomic mass is 10.1. The fourth-order valence-corrected chi connectivity index (χ4v) is 3.75. The van der Waals surface area contributed by atoms with Gasteiger partial charge in [0.05, 0.1) is 17.3 Å². The van der Waals surface area contributed by atoms with Crippen LogP contribution in [0.3, 0.4) is 0 Å². The number of nitrogens with one attached hydrogen (secondary N) is 1. The molecule has 1 aromatic carbocycles. The minimum atomic E-state index is 0.116. The van der Waals surface area contributed by atoms with Crippen molar-refractivity contribution in [1.82, 2.24) is 10.3 Å². The lowest BCUT2D eigenvalue weighted by molar-refractivity contribution is 0.674. The van der Waals surface area contributed by atoms with E-state index in [-0.39, 0.29) is 6.04 Å². The molecule has 0 radical (unpaired) electrons. The Morgan fingerprint density at radius 2 is 2.00 bits per heavy atom. The van der Waals surface area contributed by atoms with Crippen molar-refractivity contribution in [1.29, 1.82) is 0 Å². The first kappa shape index (κ1) is 12.8. The quantitative estimate of drug-likeness (QED) is 0.770. The van der Waals surface area contributed by atoms with E-state index in [1.165, 1.54) is 10.9 Å². The van der Waals surface area contributed by atoms with Crippen LogP contribution >= 0.6 is 27.3 Å². The zero-order chi connectivity index (χ0) is 13.2. The summed E-state index contributed by atoms with van der Waals surface area (Å²) in [5.74, 6) is 0. The normalized spacial score (nSPS) is 12.7. The Morgan fingerprint density at radius 1 is 1.16 bits per heavy atom. The molecule has 3 rings (SSSR count). The topological polar surface area (TPSA) is 24.9 Å². The minimum Gasteiger partial charge on any atom is -0.308 e. The third kappa shape index (κ3) is 2.43. The summed E-state index contributed by atoms with van der Waals surface area (Å²) in [6.45, 7) is 0. The Balaban J connectivity index is 2.09. The molecule has 1 N–H and O–H groups in total. The van der Waals surface area contributed by atoms with Crippen LogP contribution in [0.5, 0.6) is 0 Å². The monoisotopic (exact) mass is 332 g/mol. The van der Waals surface area contributed by atoms with Crippen LogP contribution in [0, 0.1) is 0 Å². The first-order valence-electron chi connectivity index (χ1n) is 6.04. The third-order valence-electron chi connectivity index (χ3n) is 3.16. The van der Waals surface area contributed by atoms with Gasteiger partial charge < -0.3 is 5.32 Å². The maximum Gasteiger partial charge on any atom is 0.0768 e. The van der Waals surface area contributed by atoms with Crippen LogP contribution in [0.4, 0.5) is 0 Å². The van der Waals surface area contributed by atoms with E-state index in [4.69, 9.17) is 4.98 Å². The number of halogens is 1. The summed E-state index contributed by atoms with van der Waals surface area (Å²) in [7, 11) is 1.96. The summed E-state index contributed by atoms with van der Waals surface area (Å²) in [5.41, 5.74) is 3.31. The van der Waals surface area contributed by atoms with Crippen molar-refractivity contribution in [3.8, 4) is 0 Å². The average molecular weight is 333 g/mol. The Bertz CT molecular complexity index is 708. The molecule has 4 heteroatoms. The summed E-state index contributed by atoms with van der Waals surface area (Å²) in [6.07, 6.45) is 0. The number of hydrogen-bond donors (Lipinski definition) is 1. The van der Waals surface area contributed by atoms with Crippen LogP contribution in [-0.2, 0) is 0 Å². The van der Waals surface area contributed by atoms with Gasteiger partial charge in [-0.25, -0.2) is 0 Å². The molecule has 96 valence electrons. The molecular weight excluding hydrogens is 320 g/mol. The second-order valence-corrected chi connectivity index (χ2v) is 5.92. The highest BCUT2D eigenvalue weighted by Crippen LogP contribution is 2.31. The molecule has 2 aromatic heterocycles. The van der Waals surface area contributed by atoms with Crippen LogP contribution in [0.15, 0.2) is 51.6 Å². The Hall–Kier alpha value is -1.23. The van der Waals surface area contributed by atoms with Crippen molar-refractivity contribution < 1.29 is 0 Å². The molecule has 2 heterocycles. The van der Waals surface area contributed by atoms with Gasteiger partial charge in [-0.3, -0.25) is 4.98 Å². The number of fused-ring (bicyclic) bond motifs is 1. The lowest BCUT2D eigenvalue weighted by Crippen LogP contribution is -2.18. The van der Waals surface area contributed by atoms with E-state index in [1.807, 2.05) is 25.2 Å². The van der Waals surface area contributed by atoms with E-state index >= 15 is 0 Å². The molecule has 0 saturated heterocycles. The highest BCUT2D eigenvalue weighted by atomic mass is 79.9. The molecule has 0 amide bonds. The van der Waals surface area contributed by atoms with Gasteiger partial charge in [0.1, 0.15) is 0 Å². The van der Waals surface area contributed by atoms with Gasteiger partial charge in [0.15, 0.2) is 0 Å². The largest absolute Gasteiger partial charge is 0.308 e. The van der Waals surface area contributed by atoms with Gasteiger partial charge in [0.2, 0.25) is 0 Å². The van der Waals surface area contributed by atoms with Gasteiger partial charge in [0.25, 0.3) is 0 Å². The number of aromatic nitrogens is 1. The molecule has 0 saturated carbocycles. The highest BCUT2D eigenvalue weighted by molar-refractivity contribution is 9.10. The van der Waals surface area contributed by atoms with Gasteiger partial charge in [-0.1, -0.05) is 24.3 Å². The molecule has 3 aromatic rings. The summed E-state index contributed by atoms with van der Waals surface area (Å²) in [4.78, 5) is 4.76. The minimum absolute atomic E-state index is 0.116. The van der Waals surface area contributed by atoms with Gasteiger partial charge in [0, 0.05) is 15.2 Å². The Morgan fingerprint density at radius 3 is 2.74 bits per heavy atom. The number of para-hydroxylation sites is 1. The van der Waals surface area contributed by atoms with Crippen LogP contribution < -0.4 is 5.32 Å². The average Bonchev–Trinajstić information content (AvgIpc) is 2.86. The standard InChI is InChI=1S/C15H13BrN2S/c1-17-15(11-8-19-9-12(11)16)14-7-6-10-4-2-3-5-13(10)18-14/h2-9,15,17H,1H3. The summed E-state index contributed by atoms with van der Waals surface area (Å²) >= 11 is 5.29. The van der Waals surface area contributed by atoms with E-state index in [0.717, 1.165) is 15.7 Å². The number of thiophene rings is 1. The molecule has 0 aliphatic rings. The number of nitrogens with zero attached hydrogens (tertiary/aromatic N) is 1. The van der Waals surface area contributed by atoms with Crippen LogP contribution in [-0.4, -0.2) is 12.0 Å². The summed E-state index contributed by atoms with van der Waals surface area (Å²) in [5, 5.41) is 8.77. The van der Waals surface area contributed by atoms with E-state index < -0.39 is 0 Å². The number of rotatable bonds is 3. The SMILES string of the molecule is CNC(c1ccc2ccccc2n1)c1cscc1Br. The molecule has 0 fully saturated rings. The number of hydrogen-bond acceptors (Lipinski definition) is 3. The van der Waals surface area contributed by atoms with Gasteiger partial charge >= 0.3 is 0 Å². The van der Waals surface area contributed by atoms with E-state index in [9.17, 15) is 0 Å². The fraction of sp³-hybridized carbons (Fsp3) is 0.133. The van der Waals surface area contributed by atoms with Gasteiger partial charge in [-0.05, 0) is 46.1 Å². The van der Waals surface area contributed by atoms with Gasteiger partial charge in [-0.15, -0.1) is 0 Å². The third-order valence-corrected chi connectivity index (χ3v) is 4.91. The van der Waals surface area contributed by atoms with Crippen molar-refractivity contribution >= 4 is 38.2 Å². The predicted octanol–water partition coefficient (Wildman–Crippen LogP) is 4.37. The molecule has 0 bridgehead atoms. The molecule has 1 atom stereocenters. The Labute approximate surface area is 124 Å². The van der Waals surface area contributed by atoms with Crippen molar-refractivity contribution in [3.05, 3.63) is 62.9 Å². The zero-order valence-corrected chi connectivity index (χ0v) is 12.8. The summed E-state index contributed by atoms with van der Waals surface area (Å²) < 4.78 is 1.13. The van der Waals surface area contributed by atoms with Crippen LogP contribution in [0.25, 0.3) is 10.9 Å². The highest BCUT2D eigenvalue weighted by Gasteiger charge is 2.17. The number of pyridine rings is 1. The lowest BCUT2D eigenvalue weighted by Gasteiger charge is -2.16. The molecule has 0 aliphatic heterocycles. The molecule has 19 heavy (non-hydrogen) atoms. The van der Waals surface area contributed by atoms with Crippen molar-refractivity contribution in [3.63, 3.8) is 0 Å². The van der Waals surface area contributed by atoms with E-state index in [0.29, 0.717) is 0 Å². The van der Waals surface area contributed by atoms with Crippen molar-refractivity contribution in [2.24, 2.45) is 0 Å². The second-order valence-electron chi connectivity index (χ2n) is 4.33. The summed E-state index contributed by atoms with van der Waals surface area (Å²) in [6, 6.07) is 12.5. The number of benzene rings is 1. The molecule has 2 nitrogen and oxygen atoms in total. The van der Waals surface area contributed by atoms with E-state index in [1.54, 1.807) is 11.3 Å². The second kappa shape index (κ2) is 5.41. The molecule has 0 spiro atoms. The van der Waals surface area contributed by atoms with Crippen molar-refractivity contribution in [2.45, 2.75) is 6.04 Å². The first-order chi connectivity index (χ1) is 9.29. The zero-order valence-electron chi connectivity index (χ0n) is 10.4.